The molecule has 0 bridgehead atoms. The van der Waals surface area contributed by atoms with Crippen LogP contribution in [0.15, 0.2) is 0 Å². The zero-order valence-electron chi connectivity index (χ0n) is 6.79. The van der Waals surface area contributed by atoms with Gasteiger partial charge in [0.05, 0.1) is 6.42 Å². The van der Waals surface area contributed by atoms with Gasteiger partial charge >= 0.3 is 0 Å². The summed E-state index contributed by atoms with van der Waals surface area (Å²) in [6.45, 7) is 3.92. The third kappa shape index (κ3) is 3.68. The van der Waals surface area contributed by atoms with E-state index in [-0.39, 0.29) is 61.1 Å². The van der Waals surface area contributed by atoms with Crippen molar-refractivity contribution in [2.75, 3.05) is 0 Å². The smallest absolute Gasteiger partial charge is 0.140 e. The van der Waals surface area contributed by atoms with Crippen molar-refractivity contribution in [2.24, 2.45) is 5.41 Å². The Labute approximate surface area is 96.7 Å². The van der Waals surface area contributed by atoms with E-state index in [4.69, 9.17) is 0 Å². The first-order chi connectivity index (χ1) is 4.49. The molecule has 0 aromatic heterocycles. The molecular formula is C8H12ArO2. The van der Waals surface area contributed by atoms with Crippen LogP contribution >= 0.6 is 0 Å². The van der Waals surface area contributed by atoms with Gasteiger partial charge in [0, 0.05) is 50.6 Å². The number of carbonyl (C=O) groups is 2. The number of carbonyl (C=O) groups excluding carboxylic acids is 2. The first-order valence-electron chi connectivity index (χ1n) is 3.53. The maximum atomic E-state index is 10.9. The molecule has 0 radical (unpaired) electrons. The Kier molecular flexibility index (Phi) is 4.23. The molecule has 0 unspecified atom stereocenters. The molecular weight excluding hydrogens is 168 g/mol. The van der Waals surface area contributed by atoms with E-state index >= 15 is 0 Å². The maximum absolute atomic E-state index is 10.9. The minimum Gasteiger partial charge on any atom is -0.299 e. The van der Waals surface area contributed by atoms with E-state index < -0.39 is 0 Å². The second kappa shape index (κ2) is 4.01. The average molecular weight is 180 g/mol. The summed E-state index contributed by atoms with van der Waals surface area (Å²) in [7, 11) is 0. The van der Waals surface area contributed by atoms with Crippen LogP contribution in [-0.4, -0.2) is 11.6 Å². The molecule has 1 saturated carbocycles. The fourth-order valence-electron chi connectivity index (χ4n) is 1.47. The summed E-state index contributed by atoms with van der Waals surface area (Å²) in [6.07, 6.45) is 1.31. The van der Waals surface area contributed by atoms with E-state index in [1.165, 1.54) is 0 Å². The predicted molar refractivity (Wildman–Crippen MR) is 37.6 cm³/mol. The minimum absolute atomic E-state index is 0. The summed E-state index contributed by atoms with van der Waals surface area (Å²) in [4.78, 5) is 21.7. The second-order valence-electron chi connectivity index (χ2n) is 3.77. The quantitative estimate of drug-likeness (QED) is 0.527. The van der Waals surface area contributed by atoms with Crippen molar-refractivity contribution in [3.8, 4) is 0 Å². The van der Waals surface area contributed by atoms with Crippen LogP contribution in [-0.2, 0) is 9.59 Å². The summed E-state index contributed by atoms with van der Waals surface area (Å²) in [5.74, 6) is 0.197. The molecule has 64 valence electrons. The number of ketones is 2. The number of rotatable bonds is 0. The van der Waals surface area contributed by atoms with Crippen LogP contribution in [0.25, 0.3) is 0 Å². The summed E-state index contributed by atoms with van der Waals surface area (Å²) >= 11 is 0. The Hall–Kier alpha value is 0.600. The Balaban J connectivity index is 0.000001000. The van der Waals surface area contributed by atoms with Gasteiger partial charge in [-0.15, -0.1) is 0 Å². The van der Waals surface area contributed by atoms with Crippen LogP contribution in [0, 0.1) is 43.2 Å². The molecule has 1 aliphatic carbocycles. The fourth-order valence-corrected chi connectivity index (χ4v) is 1.47. The Morgan fingerprint density at radius 1 is 1.09 bits per heavy atom. The molecule has 0 aromatic rings. The molecule has 0 spiro atoms. The Morgan fingerprint density at radius 2 is 1.45 bits per heavy atom. The van der Waals surface area contributed by atoms with E-state index in [1.807, 2.05) is 13.8 Å². The van der Waals surface area contributed by atoms with E-state index in [9.17, 15) is 9.59 Å². The molecule has 0 heterocycles. The van der Waals surface area contributed by atoms with E-state index in [2.05, 4.69) is 0 Å². The average Bonchev–Trinajstić information content (AvgIpc) is 1.54. The van der Waals surface area contributed by atoms with Crippen molar-refractivity contribution >= 4 is 11.6 Å². The molecule has 0 saturated heterocycles. The van der Waals surface area contributed by atoms with Gasteiger partial charge in [-0.2, -0.15) is 0 Å². The van der Waals surface area contributed by atoms with Crippen LogP contribution in [0.3, 0.4) is 0 Å². The zero-order chi connectivity index (χ0) is 7.78. The summed E-state index contributed by atoms with van der Waals surface area (Å²) < 4.78 is 0. The van der Waals surface area contributed by atoms with Gasteiger partial charge in [0.1, 0.15) is 11.6 Å². The van der Waals surface area contributed by atoms with Gasteiger partial charge in [-0.25, -0.2) is 0 Å². The fraction of sp³-hybridized carbons (Fsp3) is 0.750. The van der Waals surface area contributed by atoms with Gasteiger partial charge in [0.2, 0.25) is 0 Å². The molecule has 1 aliphatic rings. The van der Waals surface area contributed by atoms with Crippen molar-refractivity contribution in [2.45, 2.75) is 33.1 Å². The molecule has 0 aromatic carbocycles. The topological polar surface area (TPSA) is 34.1 Å². The zero-order valence-corrected chi connectivity index (χ0v) is 7.50. The molecule has 0 aliphatic heterocycles. The Bertz CT molecular complexity index is 167. The molecule has 11 heavy (non-hydrogen) atoms. The molecule has 0 N–H and O–H groups in total. The van der Waals surface area contributed by atoms with Gasteiger partial charge in [-0.3, -0.25) is 9.59 Å². The van der Waals surface area contributed by atoms with Crippen molar-refractivity contribution in [1.29, 1.82) is 0 Å². The van der Waals surface area contributed by atoms with E-state index in [1.54, 1.807) is 0 Å². The first kappa shape index (κ1) is 11.6. The van der Waals surface area contributed by atoms with Crippen molar-refractivity contribution < 1.29 is 47.3 Å². The largest absolute Gasteiger partial charge is 0.299 e. The monoisotopic (exact) mass is 180 g/mol. The van der Waals surface area contributed by atoms with Gasteiger partial charge in [-0.05, 0) is 5.41 Å². The summed E-state index contributed by atoms with van der Waals surface area (Å²) in [5.41, 5.74) is -0.0770. The van der Waals surface area contributed by atoms with Crippen molar-refractivity contribution in [3.05, 3.63) is 0 Å². The van der Waals surface area contributed by atoms with Crippen LogP contribution in [0.5, 0.6) is 0 Å². The minimum atomic E-state index is -0.0770. The van der Waals surface area contributed by atoms with Crippen molar-refractivity contribution in [1.82, 2.24) is 0 Å². The number of hydrogen-bond acceptors (Lipinski definition) is 2. The van der Waals surface area contributed by atoms with Crippen LogP contribution in [0.2, 0.25) is 0 Å². The van der Waals surface area contributed by atoms with Gasteiger partial charge in [-0.1, -0.05) is 13.8 Å². The predicted octanol–water partition coefficient (Wildman–Crippen LogP) is 1.33. The van der Waals surface area contributed by atoms with E-state index in [0.717, 1.165) is 0 Å². The van der Waals surface area contributed by atoms with Crippen LogP contribution in [0.1, 0.15) is 33.1 Å². The van der Waals surface area contributed by atoms with Gasteiger partial charge < -0.3 is 0 Å². The number of Topliss-reactive ketones (excluding diaryl/α,β-unsaturated/α-hetero) is 2. The first-order valence-corrected chi connectivity index (χ1v) is 3.53. The standard InChI is InChI=1S/C8H12O2.Ar/c1-8(2)4-6(9)3-7(10)5-8;/h3-5H2,1-2H3;. The van der Waals surface area contributed by atoms with Gasteiger partial charge in [0.15, 0.2) is 0 Å². The normalized spacial score (nSPS) is 22.7. The van der Waals surface area contributed by atoms with Gasteiger partial charge in [0.25, 0.3) is 0 Å². The Morgan fingerprint density at radius 3 is 1.73 bits per heavy atom. The number of hydrogen-bond donors (Lipinski definition) is 0. The molecule has 3 heteroatoms. The molecule has 2 nitrogen and oxygen atoms in total. The summed E-state index contributed by atoms with van der Waals surface area (Å²) in [6, 6.07) is 0. The van der Waals surface area contributed by atoms with Crippen molar-refractivity contribution in [3.63, 3.8) is 0 Å². The maximum Gasteiger partial charge on any atom is 0.140 e. The third-order valence-corrected chi connectivity index (χ3v) is 1.75. The summed E-state index contributed by atoms with van der Waals surface area (Å²) in [5, 5.41) is 0. The SMILES string of the molecule is CC1(C)CC(=O)CC(=O)C1.[Ar]. The molecule has 1 fully saturated rings. The molecule has 0 atom stereocenters. The van der Waals surface area contributed by atoms with E-state index in [0.29, 0.717) is 12.8 Å². The second-order valence-corrected chi connectivity index (χ2v) is 3.77. The molecule has 0 amide bonds. The van der Waals surface area contributed by atoms with Crippen LogP contribution in [0.4, 0.5) is 0 Å². The molecule has 1 rings (SSSR count). The third-order valence-electron chi connectivity index (χ3n) is 1.75. The van der Waals surface area contributed by atoms with Crippen LogP contribution < -0.4 is 0 Å².